The summed E-state index contributed by atoms with van der Waals surface area (Å²) in [6.07, 6.45) is 2.47. The molecule has 2 rings (SSSR count). The zero-order valence-corrected chi connectivity index (χ0v) is 10.9. The Morgan fingerprint density at radius 2 is 2.12 bits per heavy atom. The predicted octanol–water partition coefficient (Wildman–Crippen LogP) is 2.49. The van der Waals surface area contributed by atoms with Gasteiger partial charge >= 0.3 is 0 Å². The van der Waals surface area contributed by atoms with Crippen molar-refractivity contribution in [1.29, 1.82) is 0 Å². The second kappa shape index (κ2) is 5.98. The lowest BCUT2D eigenvalue weighted by Crippen LogP contribution is -2.38. The number of thiocarbonyl (C=S) groups is 1. The number of nitrogens with zero attached hydrogens (tertiary/aromatic N) is 1. The summed E-state index contributed by atoms with van der Waals surface area (Å²) in [6.45, 7) is 1.58. The van der Waals surface area contributed by atoms with Crippen LogP contribution in [0.15, 0.2) is 30.3 Å². The maximum absolute atomic E-state index is 5.45. The molecule has 1 fully saturated rings. The molecule has 0 unspecified atom stereocenters. The minimum absolute atomic E-state index is 0.605. The van der Waals surface area contributed by atoms with E-state index in [-0.39, 0.29) is 0 Å². The summed E-state index contributed by atoms with van der Waals surface area (Å²) in [6, 6.07) is 10.6. The normalized spacial score (nSPS) is 14.4. The van der Waals surface area contributed by atoms with Crippen molar-refractivity contribution in [3.63, 3.8) is 0 Å². The molecule has 4 heteroatoms. The summed E-state index contributed by atoms with van der Waals surface area (Å²) in [4.78, 5) is 2.23. The molecule has 92 valence electrons. The van der Waals surface area contributed by atoms with Crippen molar-refractivity contribution in [3.8, 4) is 0 Å². The van der Waals surface area contributed by atoms with Crippen LogP contribution in [0.3, 0.4) is 0 Å². The van der Waals surface area contributed by atoms with E-state index in [0.717, 1.165) is 17.3 Å². The van der Waals surface area contributed by atoms with Gasteiger partial charge in [0.15, 0.2) is 5.11 Å². The van der Waals surface area contributed by atoms with Crippen LogP contribution in [0.4, 0.5) is 5.69 Å². The maximum Gasteiger partial charge on any atom is 0.173 e. The van der Waals surface area contributed by atoms with Gasteiger partial charge in [-0.25, -0.2) is 0 Å². The summed E-state index contributed by atoms with van der Waals surface area (Å²) in [7, 11) is 1.72. The highest BCUT2D eigenvalue weighted by atomic mass is 32.1. The Kier molecular flexibility index (Phi) is 4.34. The molecule has 0 amide bonds. The van der Waals surface area contributed by atoms with Crippen LogP contribution in [-0.2, 0) is 4.74 Å². The van der Waals surface area contributed by atoms with Crippen LogP contribution in [0, 0.1) is 0 Å². The molecule has 1 N–H and O–H groups in total. The van der Waals surface area contributed by atoms with Crippen LogP contribution in [-0.4, -0.2) is 36.3 Å². The summed E-state index contributed by atoms with van der Waals surface area (Å²) in [5, 5.41) is 4.08. The first-order valence-electron chi connectivity index (χ1n) is 5.93. The molecular formula is C13H18N2OS. The summed E-state index contributed by atoms with van der Waals surface area (Å²) in [5.41, 5.74) is 1.04. The number of hydrogen-bond donors (Lipinski definition) is 1. The molecule has 0 aromatic heterocycles. The number of benzene rings is 1. The van der Waals surface area contributed by atoms with Gasteiger partial charge in [-0.3, -0.25) is 0 Å². The van der Waals surface area contributed by atoms with Crippen molar-refractivity contribution in [3.05, 3.63) is 30.3 Å². The minimum atomic E-state index is 0.605. The van der Waals surface area contributed by atoms with Crippen molar-refractivity contribution >= 4 is 23.0 Å². The third-order valence-electron chi connectivity index (χ3n) is 2.81. The van der Waals surface area contributed by atoms with E-state index in [4.69, 9.17) is 17.0 Å². The second-order valence-electron chi connectivity index (χ2n) is 4.21. The highest BCUT2D eigenvalue weighted by Gasteiger charge is 2.30. The Hall–Kier alpha value is -1.13. The Morgan fingerprint density at radius 1 is 1.41 bits per heavy atom. The molecule has 1 aliphatic carbocycles. The van der Waals surface area contributed by atoms with Crippen molar-refractivity contribution in [2.24, 2.45) is 0 Å². The first kappa shape index (κ1) is 12.3. The quantitative estimate of drug-likeness (QED) is 0.812. The van der Waals surface area contributed by atoms with Gasteiger partial charge in [-0.05, 0) is 37.2 Å². The van der Waals surface area contributed by atoms with Gasteiger partial charge in [0.2, 0.25) is 0 Å². The van der Waals surface area contributed by atoms with E-state index < -0.39 is 0 Å². The van der Waals surface area contributed by atoms with E-state index in [1.165, 1.54) is 12.8 Å². The lowest BCUT2D eigenvalue weighted by Gasteiger charge is -2.25. The van der Waals surface area contributed by atoms with Crippen molar-refractivity contribution in [2.45, 2.75) is 18.9 Å². The Labute approximate surface area is 108 Å². The maximum atomic E-state index is 5.45. The van der Waals surface area contributed by atoms with Gasteiger partial charge in [0.05, 0.1) is 6.61 Å². The fourth-order valence-electron chi connectivity index (χ4n) is 1.74. The Morgan fingerprint density at radius 3 is 2.71 bits per heavy atom. The van der Waals surface area contributed by atoms with Gasteiger partial charge in [0.25, 0.3) is 0 Å². The van der Waals surface area contributed by atoms with Crippen molar-refractivity contribution < 1.29 is 4.74 Å². The first-order valence-corrected chi connectivity index (χ1v) is 6.33. The van der Waals surface area contributed by atoms with Gasteiger partial charge < -0.3 is 15.0 Å². The van der Waals surface area contributed by atoms with Crippen LogP contribution in [0.1, 0.15) is 12.8 Å². The number of rotatable bonds is 5. The van der Waals surface area contributed by atoms with Crippen LogP contribution in [0.2, 0.25) is 0 Å². The Bertz CT molecular complexity index is 365. The molecule has 0 aliphatic heterocycles. The van der Waals surface area contributed by atoms with E-state index >= 15 is 0 Å². The molecule has 0 heterocycles. The van der Waals surface area contributed by atoms with Crippen molar-refractivity contribution in [2.75, 3.05) is 25.6 Å². The highest BCUT2D eigenvalue weighted by Crippen LogP contribution is 2.27. The summed E-state index contributed by atoms with van der Waals surface area (Å²) < 4.78 is 5.12. The number of para-hydroxylation sites is 1. The smallest absolute Gasteiger partial charge is 0.173 e. The molecular weight excluding hydrogens is 232 g/mol. The van der Waals surface area contributed by atoms with Crippen LogP contribution < -0.4 is 5.32 Å². The molecule has 0 bridgehead atoms. The number of nitrogens with one attached hydrogen (secondary N) is 1. The third-order valence-corrected chi connectivity index (χ3v) is 3.15. The van der Waals surface area contributed by atoms with Gasteiger partial charge in [-0.1, -0.05) is 18.2 Å². The SMILES string of the molecule is COCCN(C(=S)Nc1ccccc1)C1CC1. The fraction of sp³-hybridized carbons (Fsp3) is 0.462. The van der Waals surface area contributed by atoms with Gasteiger partial charge in [-0.2, -0.15) is 0 Å². The van der Waals surface area contributed by atoms with Crippen LogP contribution in [0.25, 0.3) is 0 Å². The van der Waals surface area contributed by atoms with Gasteiger partial charge in [0, 0.05) is 25.4 Å². The van der Waals surface area contributed by atoms with E-state index in [1.54, 1.807) is 7.11 Å². The standard InChI is InChI=1S/C13H18N2OS/c1-16-10-9-15(12-7-8-12)13(17)14-11-5-3-2-4-6-11/h2-6,12H,7-10H2,1H3,(H,14,17). The lowest BCUT2D eigenvalue weighted by atomic mass is 10.3. The summed E-state index contributed by atoms with van der Waals surface area (Å²) in [5.74, 6) is 0. The van der Waals surface area contributed by atoms with Crippen LogP contribution >= 0.6 is 12.2 Å². The molecule has 1 aliphatic rings. The molecule has 0 radical (unpaired) electrons. The lowest BCUT2D eigenvalue weighted by molar-refractivity contribution is 0.175. The minimum Gasteiger partial charge on any atom is -0.383 e. The number of methoxy groups -OCH3 is 1. The van der Waals surface area contributed by atoms with E-state index in [2.05, 4.69) is 10.2 Å². The van der Waals surface area contributed by atoms with E-state index in [0.29, 0.717) is 12.6 Å². The molecule has 1 aromatic carbocycles. The predicted molar refractivity (Wildman–Crippen MR) is 74.3 cm³/mol. The zero-order chi connectivity index (χ0) is 12.1. The molecule has 1 aromatic rings. The topological polar surface area (TPSA) is 24.5 Å². The molecule has 3 nitrogen and oxygen atoms in total. The highest BCUT2D eigenvalue weighted by molar-refractivity contribution is 7.80. The number of ether oxygens (including phenoxy) is 1. The zero-order valence-electron chi connectivity index (χ0n) is 10.1. The first-order chi connectivity index (χ1) is 8.31. The second-order valence-corrected chi connectivity index (χ2v) is 4.60. The van der Waals surface area contributed by atoms with E-state index in [1.807, 2.05) is 30.3 Å². The molecule has 0 atom stereocenters. The van der Waals surface area contributed by atoms with Crippen LogP contribution in [0.5, 0.6) is 0 Å². The molecule has 0 spiro atoms. The third kappa shape index (κ3) is 3.68. The summed E-state index contributed by atoms with van der Waals surface area (Å²) >= 11 is 5.45. The van der Waals surface area contributed by atoms with E-state index in [9.17, 15) is 0 Å². The Balaban J connectivity index is 1.92. The molecule has 17 heavy (non-hydrogen) atoms. The molecule has 0 saturated heterocycles. The fourth-order valence-corrected chi connectivity index (χ4v) is 2.10. The number of hydrogen-bond acceptors (Lipinski definition) is 2. The average Bonchev–Trinajstić information content (AvgIpc) is 3.15. The largest absolute Gasteiger partial charge is 0.383 e. The molecule has 1 saturated carbocycles. The van der Waals surface area contributed by atoms with Crippen molar-refractivity contribution in [1.82, 2.24) is 4.90 Å². The average molecular weight is 250 g/mol. The number of anilines is 1. The monoisotopic (exact) mass is 250 g/mol. The van der Waals surface area contributed by atoms with Gasteiger partial charge in [0.1, 0.15) is 0 Å². The van der Waals surface area contributed by atoms with Gasteiger partial charge in [-0.15, -0.1) is 0 Å².